The summed E-state index contributed by atoms with van der Waals surface area (Å²) in [5, 5.41) is 15.1. The third-order valence-corrected chi connectivity index (χ3v) is 5.38. The fourth-order valence-corrected chi connectivity index (χ4v) is 3.16. The van der Waals surface area contributed by atoms with E-state index in [-0.39, 0.29) is 11.7 Å². The number of hydrogen-bond acceptors (Lipinski definition) is 6. The highest BCUT2D eigenvalue weighted by Crippen LogP contribution is 2.15. The summed E-state index contributed by atoms with van der Waals surface area (Å²) in [4.78, 5) is 13.6. The van der Waals surface area contributed by atoms with Crippen LogP contribution in [0.15, 0.2) is 54.6 Å². The number of anilines is 2. The summed E-state index contributed by atoms with van der Waals surface area (Å²) in [7, 11) is -3.32. The number of aromatic nitrogens is 4. The van der Waals surface area contributed by atoms with E-state index in [1.54, 1.807) is 31.2 Å². The molecule has 1 heterocycles. The molecule has 9 nitrogen and oxygen atoms in total. The summed E-state index contributed by atoms with van der Waals surface area (Å²) < 4.78 is 25.6. The maximum Gasteiger partial charge on any atom is 0.232 e. The van der Waals surface area contributed by atoms with E-state index in [4.69, 9.17) is 0 Å². The molecule has 1 amide bonds. The average molecular weight is 414 g/mol. The first kappa shape index (κ1) is 20.5. The SMILES string of the molecule is CCS(=O)(=O)Nc1ccc(NC(=O)CCCn2nnc(-c3ccccc3)n2)cc1. The Kier molecular flexibility index (Phi) is 6.55. The van der Waals surface area contributed by atoms with E-state index in [9.17, 15) is 13.2 Å². The van der Waals surface area contributed by atoms with Gasteiger partial charge in [-0.2, -0.15) is 4.80 Å². The number of carbonyl (C=O) groups is 1. The van der Waals surface area contributed by atoms with Crippen molar-refractivity contribution in [3.05, 3.63) is 54.6 Å². The molecule has 0 saturated carbocycles. The van der Waals surface area contributed by atoms with Gasteiger partial charge in [0.2, 0.25) is 21.8 Å². The minimum Gasteiger partial charge on any atom is -0.326 e. The number of benzene rings is 2. The van der Waals surface area contributed by atoms with Crippen molar-refractivity contribution in [2.24, 2.45) is 0 Å². The molecule has 152 valence electrons. The lowest BCUT2D eigenvalue weighted by Crippen LogP contribution is -2.15. The number of aryl methyl sites for hydroxylation is 1. The molecule has 0 radical (unpaired) electrons. The molecule has 0 saturated heterocycles. The molecule has 3 aromatic rings. The van der Waals surface area contributed by atoms with Crippen molar-refractivity contribution in [2.75, 3.05) is 15.8 Å². The number of hydrogen-bond donors (Lipinski definition) is 2. The predicted molar refractivity (Wildman–Crippen MR) is 111 cm³/mol. The quantitative estimate of drug-likeness (QED) is 0.555. The number of nitrogens with zero attached hydrogens (tertiary/aromatic N) is 4. The second kappa shape index (κ2) is 9.28. The molecule has 0 spiro atoms. The van der Waals surface area contributed by atoms with Gasteiger partial charge in [0.25, 0.3) is 0 Å². The fourth-order valence-electron chi connectivity index (χ4n) is 2.52. The van der Waals surface area contributed by atoms with Crippen LogP contribution in [0.1, 0.15) is 19.8 Å². The third kappa shape index (κ3) is 6.11. The van der Waals surface area contributed by atoms with Crippen LogP contribution in [0, 0.1) is 0 Å². The van der Waals surface area contributed by atoms with Gasteiger partial charge >= 0.3 is 0 Å². The molecule has 0 unspecified atom stereocenters. The first-order valence-electron chi connectivity index (χ1n) is 9.19. The highest BCUT2D eigenvalue weighted by molar-refractivity contribution is 7.92. The smallest absolute Gasteiger partial charge is 0.232 e. The van der Waals surface area contributed by atoms with Gasteiger partial charge in [-0.15, -0.1) is 10.2 Å². The van der Waals surface area contributed by atoms with Gasteiger partial charge in [-0.1, -0.05) is 30.3 Å². The fraction of sp³-hybridized carbons (Fsp3) is 0.263. The molecule has 0 aliphatic heterocycles. The van der Waals surface area contributed by atoms with Crippen LogP contribution in [-0.4, -0.2) is 40.3 Å². The normalized spacial score (nSPS) is 11.2. The zero-order valence-electron chi connectivity index (χ0n) is 15.9. The van der Waals surface area contributed by atoms with Crippen LogP contribution in [0.5, 0.6) is 0 Å². The van der Waals surface area contributed by atoms with Crippen molar-refractivity contribution in [1.82, 2.24) is 20.2 Å². The lowest BCUT2D eigenvalue weighted by molar-refractivity contribution is -0.116. The van der Waals surface area contributed by atoms with Gasteiger partial charge in [-0.05, 0) is 42.8 Å². The van der Waals surface area contributed by atoms with Crippen LogP contribution in [0.2, 0.25) is 0 Å². The van der Waals surface area contributed by atoms with E-state index in [0.29, 0.717) is 36.6 Å². The van der Waals surface area contributed by atoms with Crippen molar-refractivity contribution < 1.29 is 13.2 Å². The molecule has 0 bridgehead atoms. The van der Waals surface area contributed by atoms with Gasteiger partial charge in [-0.25, -0.2) is 8.42 Å². The van der Waals surface area contributed by atoms with Crippen molar-refractivity contribution >= 4 is 27.3 Å². The molecule has 0 fully saturated rings. The van der Waals surface area contributed by atoms with Gasteiger partial charge in [0.15, 0.2) is 0 Å². The molecular weight excluding hydrogens is 392 g/mol. The van der Waals surface area contributed by atoms with Crippen LogP contribution >= 0.6 is 0 Å². The van der Waals surface area contributed by atoms with E-state index < -0.39 is 10.0 Å². The lowest BCUT2D eigenvalue weighted by atomic mass is 10.2. The zero-order chi connectivity index (χ0) is 20.7. The van der Waals surface area contributed by atoms with Crippen molar-refractivity contribution in [2.45, 2.75) is 26.3 Å². The van der Waals surface area contributed by atoms with E-state index in [0.717, 1.165) is 5.56 Å². The highest BCUT2D eigenvalue weighted by atomic mass is 32.2. The van der Waals surface area contributed by atoms with E-state index >= 15 is 0 Å². The minimum absolute atomic E-state index is 0.00103. The molecule has 1 aromatic heterocycles. The Bertz CT molecular complexity index is 1050. The van der Waals surface area contributed by atoms with Crippen LogP contribution in [0.3, 0.4) is 0 Å². The van der Waals surface area contributed by atoms with E-state index in [1.807, 2.05) is 30.3 Å². The zero-order valence-corrected chi connectivity index (χ0v) is 16.8. The Morgan fingerprint density at radius 3 is 2.41 bits per heavy atom. The first-order chi connectivity index (χ1) is 13.9. The Labute approximate surface area is 169 Å². The maximum absolute atomic E-state index is 12.1. The van der Waals surface area contributed by atoms with Crippen molar-refractivity contribution in [3.63, 3.8) is 0 Å². The lowest BCUT2D eigenvalue weighted by Gasteiger charge is -2.08. The number of tetrazole rings is 1. The van der Waals surface area contributed by atoms with Gasteiger partial charge in [-0.3, -0.25) is 9.52 Å². The molecular formula is C19H22N6O3S. The van der Waals surface area contributed by atoms with Gasteiger partial charge in [0, 0.05) is 23.4 Å². The molecule has 10 heteroatoms. The van der Waals surface area contributed by atoms with Crippen LogP contribution < -0.4 is 10.0 Å². The number of amides is 1. The van der Waals surface area contributed by atoms with Crippen LogP contribution in [-0.2, 0) is 21.4 Å². The molecule has 0 aliphatic rings. The number of carbonyl (C=O) groups excluding carboxylic acids is 1. The average Bonchev–Trinajstić information content (AvgIpc) is 3.19. The molecule has 3 rings (SSSR count). The molecule has 29 heavy (non-hydrogen) atoms. The molecule has 0 aliphatic carbocycles. The number of rotatable bonds is 9. The van der Waals surface area contributed by atoms with Gasteiger partial charge < -0.3 is 5.32 Å². The second-order valence-corrected chi connectivity index (χ2v) is 8.32. The molecule has 2 N–H and O–H groups in total. The van der Waals surface area contributed by atoms with Crippen molar-refractivity contribution in [1.29, 1.82) is 0 Å². The standard InChI is InChI=1S/C19H22N6O3S/c1-2-29(27,28)23-17-12-10-16(11-13-17)20-18(26)9-6-14-25-22-19(21-24-25)15-7-4-3-5-8-15/h3-5,7-8,10-13,23H,2,6,9,14H2,1H3,(H,20,26). The number of sulfonamides is 1. The molecule has 2 aromatic carbocycles. The number of nitrogens with one attached hydrogen (secondary N) is 2. The van der Waals surface area contributed by atoms with Gasteiger partial charge in [0.1, 0.15) is 0 Å². The Balaban J connectivity index is 1.45. The maximum atomic E-state index is 12.1. The Morgan fingerprint density at radius 1 is 1.03 bits per heavy atom. The summed E-state index contributed by atoms with van der Waals surface area (Å²) in [5.41, 5.74) is 1.94. The summed E-state index contributed by atoms with van der Waals surface area (Å²) in [5.74, 6) is 0.406. The molecule has 0 atom stereocenters. The third-order valence-electron chi connectivity index (χ3n) is 4.07. The highest BCUT2D eigenvalue weighted by Gasteiger charge is 2.08. The topological polar surface area (TPSA) is 119 Å². The summed E-state index contributed by atoms with van der Waals surface area (Å²) >= 11 is 0. The van der Waals surface area contributed by atoms with E-state index in [1.165, 1.54) is 4.80 Å². The Morgan fingerprint density at radius 2 is 1.72 bits per heavy atom. The summed E-state index contributed by atoms with van der Waals surface area (Å²) in [6, 6.07) is 16.1. The summed E-state index contributed by atoms with van der Waals surface area (Å²) in [6.45, 7) is 2.04. The first-order valence-corrected chi connectivity index (χ1v) is 10.8. The Hall–Kier alpha value is -3.27. The monoisotopic (exact) mass is 414 g/mol. The second-order valence-electron chi connectivity index (χ2n) is 6.31. The van der Waals surface area contributed by atoms with E-state index in [2.05, 4.69) is 25.4 Å². The largest absolute Gasteiger partial charge is 0.326 e. The predicted octanol–water partition coefficient (Wildman–Crippen LogP) is 2.52. The summed E-state index contributed by atoms with van der Waals surface area (Å²) in [6.07, 6.45) is 0.858. The minimum atomic E-state index is -3.32. The van der Waals surface area contributed by atoms with Gasteiger partial charge in [0.05, 0.1) is 12.3 Å². The van der Waals surface area contributed by atoms with Crippen molar-refractivity contribution in [3.8, 4) is 11.4 Å². The van der Waals surface area contributed by atoms with Crippen LogP contribution in [0.25, 0.3) is 11.4 Å². The van der Waals surface area contributed by atoms with Crippen LogP contribution in [0.4, 0.5) is 11.4 Å².